The molecular weight excluding hydrogens is 222 g/mol. The van der Waals surface area contributed by atoms with Gasteiger partial charge in [0.2, 0.25) is 0 Å². The highest BCUT2D eigenvalue weighted by molar-refractivity contribution is 5.83. The number of hydrogen-bond donors (Lipinski definition) is 1. The Morgan fingerprint density at radius 3 is 2.78 bits per heavy atom. The third-order valence-corrected chi connectivity index (χ3v) is 3.41. The Hall–Kier alpha value is -1.32. The zero-order valence-corrected chi connectivity index (χ0v) is 11.4. The van der Waals surface area contributed by atoms with Crippen molar-refractivity contribution in [3.8, 4) is 0 Å². The lowest BCUT2D eigenvalue weighted by molar-refractivity contribution is 0.320. The maximum atomic E-state index is 5.52. The first kappa shape index (κ1) is 13.1. The molecule has 0 saturated carbocycles. The Morgan fingerprint density at radius 2 is 2.00 bits per heavy atom. The van der Waals surface area contributed by atoms with Gasteiger partial charge >= 0.3 is 0 Å². The first-order valence-corrected chi connectivity index (χ1v) is 6.64. The second-order valence-electron chi connectivity index (χ2n) is 5.02. The molecule has 0 aliphatic rings. The molecule has 18 heavy (non-hydrogen) atoms. The number of hydrogen-bond acceptors (Lipinski definition) is 2. The van der Waals surface area contributed by atoms with Gasteiger partial charge in [-0.05, 0) is 44.6 Å². The van der Waals surface area contributed by atoms with E-state index >= 15 is 0 Å². The molecular formula is C15H23N3. The Kier molecular flexibility index (Phi) is 4.39. The quantitative estimate of drug-likeness (QED) is 0.793. The highest BCUT2D eigenvalue weighted by Gasteiger charge is 2.07. The number of aromatic nitrogens is 1. The number of nitrogens with zero attached hydrogens (tertiary/aromatic N) is 2. The smallest absolute Gasteiger partial charge is 0.0481 e. The van der Waals surface area contributed by atoms with Crippen LogP contribution in [0.5, 0.6) is 0 Å². The monoisotopic (exact) mass is 245 g/mol. The van der Waals surface area contributed by atoms with E-state index in [1.165, 1.54) is 22.9 Å². The van der Waals surface area contributed by atoms with Crippen molar-refractivity contribution in [3.63, 3.8) is 0 Å². The molecule has 0 atom stereocenters. The highest BCUT2D eigenvalue weighted by Crippen LogP contribution is 2.21. The Labute approximate surface area is 109 Å². The van der Waals surface area contributed by atoms with E-state index in [0.717, 1.165) is 26.1 Å². The van der Waals surface area contributed by atoms with Gasteiger partial charge in [0, 0.05) is 30.7 Å². The molecule has 1 heterocycles. The van der Waals surface area contributed by atoms with Gasteiger partial charge in [0.25, 0.3) is 0 Å². The molecule has 0 fully saturated rings. The average molecular weight is 245 g/mol. The summed E-state index contributed by atoms with van der Waals surface area (Å²) in [6, 6.07) is 8.59. The molecule has 0 unspecified atom stereocenters. The summed E-state index contributed by atoms with van der Waals surface area (Å²) in [7, 11) is 4.29. The topological polar surface area (TPSA) is 34.2 Å². The van der Waals surface area contributed by atoms with Crippen molar-refractivity contribution in [2.24, 2.45) is 12.8 Å². The lowest BCUT2D eigenvalue weighted by atomic mass is 10.1. The third-order valence-electron chi connectivity index (χ3n) is 3.41. The van der Waals surface area contributed by atoms with Crippen LogP contribution < -0.4 is 5.73 Å². The van der Waals surface area contributed by atoms with Crippen LogP contribution in [0.2, 0.25) is 0 Å². The largest absolute Gasteiger partial charge is 0.350 e. The van der Waals surface area contributed by atoms with Crippen LogP contribution in [0.25, 0.3) is 10.9 Å². The molecule has 0 aliphatic carbocycles. The van der Waals surface area contributed by atoms with Crippen LogP contribution in [0.3, 0.4) is 0 Å². The van der Waals surface area contributed by atoms with Gasteiger partial charge in [-0.3, -0.25) is 0 Å². The average Bonchev–Trinajstić information content (AvgIpc) is 2.67. The van der Waals surface area contributed by atoms with Crippen molar-refractivity contribution in [1.82, 2.24) is 9.47 Å². The van der Waals surface area contributed by atoms with Gasteiger partial charge < -0.3 is 15.2 Å². The summed E-state index contributed by atoms with van der Waals surface area (Å²) >= 11 is 0. The lowest BCUT2D eigenvalue weighted by Gasteiger charge is -2.15. The van der Waals surface area contributed by atoms with E-state index in [4.69, 9.17) is 5.73 Å². The molecule has 1 aromatic carbocycles. The molecule has 0 aliphatic heterocycles. The minimum absolute atomic E-state index is 0.794. The van der Waals surface area contributed by atoms with Gasteiger partial charge in [-0.1, -0.05) is 18.2 Å². The number of benzene rings is 1. The van der Waals surface area contributed by atoms with E-state index in [2.05, 4.69) is 54.0 Å². The zero-order chi connectivity index (χ0) is 13.0. The van der Waals surface area contributed by atoms with Crippen LogP contribution in [0.4, 0.5) is 0 Å². The summed E-state index contributed by atoms with van der Waals surface area (Å²) in [5, 5.41) is 1.37. The maximum Gasteiger partial charge on any atom is 0.0481 e. The van der Waals surface area contributed by atoms with Crippen molar-refractivity contribution >= 4 is 10.9 Å². The molecule has 3 heteroatoms. The Morgan fingerprint density at radius 1 is 1.22 bits per heavy atom. The first-order valence-electron chi connectivity index (χ1n) is 6.64. The summed E-state index contributed by atoms with van der Waals surface area (Å²) < 4.78 is 2.21. The SMILES string of the molecule is CN(CCCCN)Cc1cn(C)c2ccccc12. The van der Waals surface area contributed by atoms with Crippen LogP contribution in [0.15, 0.2) is 30.5 Å². The molecule has 2 N–H and O–H groups in total. The molecule has 1 aromatic heterocycles. The number of rotatable bonds is 6. The number of nitrogens with two attached hydrogens (primary N) is 1. The fourth-order valence-corrected chi connectivity index (χ4v) is 2.45. The van der Waals surface area contributed by atoms with Crippen LogP contribution >= 0.6 is 0 Å². The van der Waals surface area contributed by atoms with Crippen molar-refractivity contribution in [2.45, 2.75) is 19.4 Å². The third kappa shape index (κ3) is 2.92. The fourth-order valence-electron chi connectivity index (χ4n) is 2.45. The van der Waals surface area contributed by atoms with Gasteiger partial charge in [0.05, 0.1) is 0 Å². The van der Waals surface area contributed by atoms with E-state index in [1.807, 2.05) is 0 Å². The molecule has 3 nitrogen and oxygen atoms in total. The van der Waals surface area contributed by atoms with E-state index < -0.39 is 0 Å². The Balaban J connectivity index is 2.07. The van der Waals surface area contributed by atoms with Crippen LogP contribution in [0.1, 0.15) is 18.4 Å². The number of aryl methyl sites for hydroxylation is 1. The van der Waals surface area contributed by atoms with Crippen molar-refractivity contribution in [3.05, 3.63) is 36.0 Å². The molecule has 0 spiro atoms. The second kappa shape index (κ2) is 6.03. The van der Waals surface area contributed by atoms with Gasteiger partial charge in [-0.15, -0.1) is 0 Å². The summed E-state index contributed by atoms with van der Waals surface area (Å²) in [4.78, 5) is 2.37. The summed E-state index contributed by atoms with van der Waals surface area (Å²) in [6.07, 6.45) is 4.53. The summed E-state index contributed by atoms with van der Waals surface area (Å²) in [6.45, 7) is 2.91. The lowest BCUT2D eigenvalue weighted by Crippen LogP contribution is -2.19. The predicted octanol–water partition coefficient (Wildman–Crippen LogP) is 2.35. The Bertz CT molecular complexity index is 501. The normalized spacial score (nSPS) is 11.6. The van der Waals surface area contributed by atoms with E-state index in [0.29, 0.717) is 0 Å². The van der Waals surface area contributed by atoms with Gasteiger partial charge in [0.15, 0.2) is 0 Å². The molecule has 0 amide bonds. The maximum absolute atomic E-state index is 5.52. The predicted molar refractivity (Wildman–Crippen MR) is 77.5 cm³/mol. The number of unbranched alkanes of at least 4 members (excludes halogenated alkanes) is 1. The molecule has 98 valence electrons. The van der Waals surface area contributed by atoms with E-state index in [9.17, 15) is 0 Å². The second-order valence-corrected chi connectivity index (χ2v) is 5.02. The summed E-state index contributed by atoms with van der Waals surface area (Å²) in [5.41, 5.74) is 8.24. The molecule has 0 bridgehead atoms. The van der Waals surface area contributed by atoms with Gasteiger partial charge in [-0.2, -0.15) is 0 Å². The molecule has 2 aromatic rings. The highest BCUT2D eigenvalue weighted by atomic mass is 15.1. The zero-order valence-electron chi connectivity index (χ0n) is 11.4. The van der Waals surface area contributed by atoms with Crippen molar-refractivity contribution in [2.75, 3.05) is 20.1 Å². The van der Waals surface area contributed by atoms with Crippen molar-refractivity contribution in [1.29, 1.82) is 0 Å². The van der Waals surface area contributed by atoms with Crippen molar-refractivity contribution < 1.29 is 0 Å². The van der Waals surface area contributed by atoms with Crippen LogP contribution in [-0.4, -0.2) is 29.6 Å². The molecule has 0 radical (unpaired) electrons. The van der Waals surface area contributed by atoms with Crippen LogP contribution in [-0.2, 0) is 13.6 Å². The van der Waals surface area contributed by atoms with Gasteiger partial charge in [-0.25, -0.2) is 0 Å². The van der Waals surface area contributed by atoms with E-state index in [1.54, 1.807) is 0 Å². The fraction of sp³-hybridized carbons (Fsp3) is 0.467. The number of fused-ring (bicyclic) bond motifs is 1. The number of para-hydroxylation sites is 1. The summed E-state index contributed by atoms with van der Waals surface area (Å²) in [5.74, 6) is 0. The first-order chi connectivity index (χ1) is 8.72. The minimum Gasteiger partial charge on any atom is -0.350 e. The van der Waals surface area contributed by atoms with E-state index in [-0.39, 0.29) is 0 Å². The minimum atomic E-state index is 0.794. The molecule has 2 rings (SSSR count). The standard InChI is InChI=1S/C15H23N3/c1-17(10-6-5-9-16)11-13-12-18(2)15-8-4-3-7-14(13)15/h3-4,7-8,12H,5-6,9-11,16H2,1-2H3. The van der Waals surface area contributed by atoms with Crippen LogP contribution in [0, 0.1) is 0 Å². The van der Waals surface area contributed by atoms with Gasteiger partial charge in [0.1, 0.15) is 0 Å². The molecule has 0 saturated heterocycles.